The fourth-order valence-corrected chi connectivity index (χ4v) is 3.71. The summed E-state index contributed by atoms with van der Waals surface area (Å²) in [5, 5.41) is 2.94. The molecule has 0 aliphatic rings. The molecular weight excluding hydrogens is 388 g/mol. The van der Waals surface area contributed by atoms with Crippen LogP contribution in [0.3, 0.4) is 0 Å². The SMILES string of the molecule is CC(NC(=O)CCCOCCc1ccccc1)c1ccc(S(=O)(=O)N(C)C)cc1. The molecule has 2 aromatic rings. The summed E-state index contributed by atoms with van der Waals surface area (Å²) in [4.78, 5) is 12.4. The van der Waals surface area contributed by atoms with Crippen LogP contribution >= 0.6 is 0 Å². The lowest BCUT2D eigenvalue weighted by Gasteiger charge is -2.16. The van der Waals surface area contributed by atoms with Crippen LogP contribution in [-0.4, -0.2) is 45.9 Å². The molecule has 0 fully saturated rings. The zero-order valence-corrected chi connectivity index (χ0v) is 18.1. The predicted octanol–water partition coefficient (Wildman–Crippen LogP) is 3.15. The highest BCUT2D eigenvalue weighted by Crippen LogP contribution is 2.18. The minimum absolute atomic E-state index is 0.0471. The van der Waals surface area contributed by atoms with Gasteiger partial charge in [-0.15, -0.1) is 0 Å². The van der Waals surface area contributed by atoms with E-state index >= 15 is 0 Å². The Hall–Kier alpha value is -2.22. The van der Waals surface area contributed by atoms with Crippen LogP contribution in [0.25, 0.3) is 0 Å². The van der Waals surface area contributed by atoms with Crippen molar-refractivity contribution in [1.29, 1.82) is 0 Å². The second kappa shape index (κ2) is 11.1. The standard InChI is InChI=1S/C22H30N2O4S/c1-18(20-11-13-21(14-12-20)29(26,27)24(2)3)23-22(25)10-7-16-28-17-15-19-8-5-4-6-9-19/h4-6,8-9,11-14,18H,7,10,15-17H2,1-3H3,(H,23,25). The van der Waals surface area contributed by atoms with E-state index in [1.54, 1.807) is 24.3 Å². The van der Waals surface area contributed by atoms with Crippen molar-refractivity contribution >= 4 is 15.9 Å². The smallest absolute Gasteiger partial charge is 0.242 e. The number of nitrogens with one attached hydrogen (secondary N) is 1. The first-order valence-corrected chi connectivity index (χ1v) is 11.2. The number of hydrogen-bond acceptors (Lipinski definition) is 4. The van der Waals surface area contributed by atoms with Crippen LogP contribution in [0.5, 0.6) is 0 Å². The number of carbonyl (C=O) groups is 1. The van der Waals surface area contributed by atoms with Gasteiger partial charge in [-0.25, -0.2) is 12.7 Å². The molecule has 1 N–H and O–H groups in total. The molecule has 2 aromatic carbocycles. The number of benzene rings is 2. The summed E-state index contributed by atoms with van der Waals surface area (Å²) in [5.41, 5.74) is 2.10. The molecule has 0 aliphatic carbocycles. The molecule has 0 spiro atoms. The van der Waals surface area contributed by atoms with E-state index in [1.807, 2.05) is 25.1 Å². The molecule has 158 valence electrons. The van der Waals surface area contributed by atoms with Crippen molar-refractivity contribution in [3.05, 3.63) is 65.7 Å². The number of nitrogens with zero attached hydrogens (tertiary/aromatic N) is 1. The molecule has 0 aliphatic heterocycles. The van der Waals surface area contributed by atoms with Gasteiger partial charge >= 0.3 is 0 Å². The fourth-order valence-electron chi connectivity index (χ4n) is 2.81. The van der Waals surface area contributed by atoms with Gasteiger partial charge in [0.25, 0.3) is 0 Å². The van der Waals surface area contributed by atoms with Gasteiger partial charge in [0.1, 0.15) is 0 Å². The zero-order chi connectivity index (χ0) is 21.3. The Bertz CT molecular complexity index is 865. The van der Waals surface area contributed by atoms with E-state index < -0.39 is 10.0 Å². The van der Waals surface area contributed by atoms with Crippen molar-refractivity contribution in [1.82, 2.24) is 9.62 Å². The Labute approximate surface area is 173 Å². The van der Waals surface area contributed by atoms with E-state index in [1.165, 1.54) is 24.0 Å². The molecule has 0 bridgehead atoms. The molecule has 0 radical (unpaired) electrons. The molecule has 1 amide bonds. The van der Waals surface area contributed by atoms with Crippen LogP contribution in [-0.2, 0) is 26.0 Å². The molecule has 1 atom stereocenters. The zero-order valence-electron chi connectivity index (χ0n) is 17.3. The van der Waals surface area contributed by atoms with Crippen LogP contribution in [0.2, 0.25) is 0 Å². The number of amides is 1. The first-order chi connectivity index (χ1) is 13.8. The average Bonchev–Trinajstić information content (AvgIpc) is 2.71. The molecule has 0 saturated carbocycles. The maximum Gasteiger partial charge on any atom is 0.242 e. The summed E-state index contributed by atoms with van der Waals surface area (Å²) < 4.78 is 31.0. The van der Waals surface area contributed by atoms with Crippen molar-refractivity contribution in [3.63, 3.8) is 0 Å². The molecule has 6 nitrogen and oxygen atoms in total. The summed E-state index contributed by atoms with van der Waals surface area (Å²) >= 11 is 0. The number of hydrogen-bond donors (Lipinski definition) is 1. The van der Waals surface area contributed by atoms with Crippen molar-refractivity contribution in [3.8, 4) is 0 Å². The summed E-state index contributed by atoms with van der Waals surface area (Å²) in [6.07, 6.45) is 1.92. The highest BCUT2D eigenvalue weighted by Gasteiger charge is 2.17. The molecule has 0 aromatic heterocycles. The van der Waals surface area contributed by atoms with Gasteiger partial charge in [0.15, 0.2) is 0 Å². The number of rotatable bonds is 11. The van der Waals surface area contributed by atoms with Crippen molar-refractivity contribution in [2.75, 3.05) is 27.3 Å². The lowest BCUT2D eigenvalue weighted by Crippen LogP contribution is -2.27. The second-order valence-electron chi connectivity index (χ2n) is 7.10. The van der Waals surface area contributed by atoms with E-state index in [4.69, 9.17) is 4.74 Å². The minimum atomic E-state index is -3.45. The van der Waals surface area contributed by atoms with Gasteiger partial charge in [0.05, 0.1) is 17.5 Å². The number of sulfonamides is 1. The van der Waals surface area contributed by atoms with Crippen LogP contribution in [0, 0.1) is 0 Å². The molecule has 0 saturated heterocycles. The fraction of sp³-hybridized carbons (Fsp3) is 0.409. The Morgan fingerprint density at radius 2 is 1.69 bits per heavy atom. The topological polar surface area (TPSA) is 75.7 Å². The Morgan fingerprint density at radius 1 is 1.03 bits per heavy atom. The first-order valence-electron chi connectivity index (χ1n) is 9.74. The van der Waals surface area contributed by atoms with E-state index in [2.05, 4.69) is 17.4 Å². The molecule has 7 heteroatoms. The lowest BCUT2D eigenvalue weighted by molar-refractivity contribution is -0.122. The van der Waals surface area contributed by atoms with Gasteiger partial charge in [-0.2, -0.15) is 0 Å². The van der Waals surface area contributed by atoms with Crippen LogP contribution < -0.4 is 5.32 Å². The maximum absolute atomic E-state index is 12.1. The van der Waals surface area contributed by atoms with Gasteiger partial charge < -0.3 is 10.1 Å². The highest BCUT2D eigenvalue weighted by molar-refractivity contribution is 7.89. The third-order valence-electron chi connectivity index (χ3n) is 4.61. The summed E-state index contributed by atoms with van der Waals surface area (Å²) in [5.74, 6) is -0.0471. The van der Waals surface area contributed by atoms with Crippen molar-refractivity contribution in [2.24, 2.45) is 0 Å². The van der Waals surface area contributed by atoms with Gasteiger partial charge in [0.2, 0.25) is 15.9 Å². The van der Waals surface area contributed by atoms with Crippen LogP contribution in [0.4, 0.5) is 0 Å². The van der Waals surface area contributed by atoms with Gasteiger partial charge in [-0.05, 0) is 43.0 Å². The predicted molar refractivity (Wildman–Crippen MR) is 114 cm³/mol. The lowest BCUT2D eigenvalue weighted by atomic mass is 10.1. The van der Waals surface area contributed by atoms with E-state index in [0.29, 0.717) is 26.1 Å². The molecular formula is C22H30N2O4S. The van der Waals surface area contributed by atoms with E-state index in [-0.39, 0.29) is 16.8 Å². The average molecular weight is 419 g/mol. The van der Waals surface area contributed by atoms with Gasteiger partial charge in [-0.1, -0.05) is 42.5 Å². The molecule has 1 unspecified atom stereocenters. The number of ether oxygens (including phenoxy) is 1. The largest absolute Gasteiger partial charge is 0.381 e. The summed E-state index contributed by atoms with van der Waals surface area (Å²) in [6.45, 7) is 3.07. The Balaban J connectivity index is 1.69. The molecule has 29 heavy (non-hydrogen) atoms. The minimum Gasteiger partial charge on any atom is -0.381 e. The van der Waals surface area contributed by atoms with Crippen LogP contribution in [0.1, 0.15) is 36.9 Å². The monoisotopic (exact) mass is 418 g/mol. The molecule has 2 rings (SSSR count). The quantitative estimate of drug-likeness (QED) is 0.569. The highest BCUT2D eigenvalue weighted by atomic mass is 32.2. The van der Waals surface area contributed by atoms with E-state index in [0.717, 1.165) is 12.0 Å². The summed E-state index contributed by atoms with van der Waals surface area (Å²) in [6, 6.07) is 16.5. The summed E-state index contributed by atoms with van der Waals surface area (Å²) in [7, 11) is -0.453. The normalized spacial score (nSPS) is 12.7. The number of carbonyl (C=O) groups excluding carboxylic acids is 1. The third-order valence-corrected chi connectivity index (χ3v) is 6.44. The Kier molecular flexibility index (Phi) is 8.82. The molecule has 0 heterocycles. The van der Waals surface area contributed by atoms with Crippen LogP contribution in [0.15, 0.2) is 59.5 Å². The van der Waals surface area contributed by atoms with E-state index in [9.17, 15) is 13.2 Å². The maximum atomic E-state index is 12.1. The van der Waals surface area contributed by atoms with Crippen molar-refractivity contribution < 1.29 is 17.9 Å². The Morgan fingerprint density at radius 3 is 2.31 bits per heavy atom. The van der Waals surface area contributed by atoms with Gasteiger partial charge in [0, 0.05) is 27.1 Å². The van der Waals surface area contributed by atoms with Crippen molar-refractivity contribution in [2.45, 2.75) is 37.1 Å². The third kappa shape index (κ3) is 7.27. The van der Waals surface area contributed by atoms with Gasteiger partial charge in [-0.3, -0.25) is 4.79 Å². The second-order valence-corrected chi connectivity index (χ2v) is 9.25. The first kappa shape index (κ1) is 23.1.